The molecule has 2 aliphatic heterocycles. The third kappa shape index (κ3) is 4.90. The predicted octanol–water partition coefficient (Wildman–Crippen LogP) is 2.21. The number of amides is 2. The number of nitrogens with one attached hydrogen (secondary N) is 2. The van der Waals surface area contributed by atoms with E-state index >= 15 is 0 Å². The molecule has 0 aromatic carbocycles. The Hall–Kier alpha value is -1.31. The molecular formula is C18H28ClN3O3S. The number of hydrogen-bond donors (Lipinski definition) is 2. The standard InChI is InChI=1S/C18H27N3O3S.ClH/c1-12-9-15(24-2)16(25-12)18(23)21-8-4-5-13(11-21)10-20-17(22)14-6-3-7-19-14;/h9,13-14,19H,3-8,10-11H2,1-2H3,(H,20,22);1H. The second-order valence-electron chi connectivity index (χ2n) is 6.91. The van der Waals surface area contributed by atoms with Crippen molar-refractivity contribution in [1.29, 1.82) is 0 Å². The van der Waals surface area contributed by atoms with Crippen molar-refractivity contribution in [3.05, 3.63) is 15.8 Å². The Balaban J connectivity index is 0.00000243. The quantitative estimate of drug-likeness (QED) is 0.793. The highest BCUT2D eigenvalue weighted by Crippen LogP contribution is 2.31. The summed E-state index contributed by atoms with van der Waals surface area (Å²) in [4.78, 5) is 28.6. The van der Waals surface area contributed by atoms with Gasteiger partial charge in [-0.3, -0.25) is 9.59 Å². The minimum absolute atomic E-state index is 0. The number of carbonyl (C=O) groups excluding carboxylic acids is 2. The molecule has 0 spiro atoms. The van der Waals surface area contributed by atoms with Gasteiger partial charge in [-0.15, -0.1) is 23.7 Å². The number of rotatable bonds is 5. The van der Waals surface area contributed by atoms with Crippen LogP contribution in [0, 0.1) is 12.8 Å². The van der Waals surface area contributed by atoms with Crippen LogP contribution < -0.4 is 15.4 Å². The van der Waals surface area contributed by atoms with E-state index in [4.69, 9.17) is 4.74 Å². The van der Waals surface area contributed by atoms with Gasteiger partial charge in [0.15, 0.2) is 0 Å². The maximum Gasteiger partial charge on any atom is 0.267 e. The summed E-state index contributed by atoms with van der Waals surface area (Å²) in [5, 5.41) is 6.28. The van der Waals surface area contributed by atoms with E-state index in [1.165, 1.54) is 11.3 Å². The molecule has 1 aromatic rings. The highest BCUT2D eigenvalue weighted by molar-refractivity contribution is 7.14. The molecule has 0 radical (unpaired) electrons. The lowest BCUT2D eigenvalue weighted by atomic mass is 9.97. The van der Waals surface area contributed by atoms with Crippen LogP contribution in [-0.2, 0) is 4.79 Å². The van der Waals surface area contributed by atoms with Gasteiger partial charge in [-0.25, -0.2) is 0 Å². The monoisotopic (exact) mass is 401 g/mol. The Morgan fingerprint density at radius 1 is 1.38 bits per heavy atom. The number of hydrogen-bond acceptors (Lipinski definition) is 5. The van der Waals surface area contributed by atoms with Crippen LogP contribution in [-0.4, -0.2) is 56.0 Å². The van der Waals surface area contributed by atoms with Crippen molar-refractivity contribution >= 4 is 35.6 Å². The van der Waals surface area contributed by atoms with Gasteiger partial charge in [0.2, 0.25) is 5.91 Å². The van der Waals surface area contributed by atoms with E-state index < -0.39 is 0 Å². The summed E-state index contributed by atoms with van der Waals surface area (Å²) in [7, 11) is 1.60. The second-order valence-corrected chi connectivity index (χ2v) is 8.16. The van der Waals surface area contributed by atoms with Crippen LogP contribution in [0.4, 0.5) is 0 Å². The number of ether oxygens (including phenoxy) is 1. The predicted molar refractivity (Wildman–Crippen MR) is 106 cm³/mol. The zero-order valence-corrected chi connectivity index (χ0v) is 17.0. The molecule has 0 aliphatic carbocycles. The average Bonchev–Trinajstić information content (AvgIpc) is 3.28. The van der Waals surface area contributed by atoms with E-state index in [1.807, 2.05) is 17.9 Å². The molecule has 1 aromatic heterocycles. The number of methoxy groups -OCH3 is 1. The first-order chi connectivity index (χ1) is 12.1. The highest BCUT2D eigenvalue weighted by Gasteiger charge is 2.28. The zero-order chi connectivity index (χ0) is 17.8. The number of likely N-dealkylation sites (tertiary alicyclic amines) is 1. The molecule has 2 atom stereocenters. The molecule has 8 heteroatoms. The molecule has 0 bridgehead atoms. The van der Waals surface area contributed by atoms with Crippen molar-refractivity contribution in [2.75, 3.05) is 33.3 Å². The Bertz CT molecular complexity index is 631. The summed E-state index contributed by atoms with van der Waals surface area (Å²) in [6, 6.07) is 1.87. The number of halogens is 1. The van der Waals surface area contributed by atoms with E-state index in [1.54, 1.807) is 7.11 Å². The molecule has 2 aliphatic rings. The summed E-state index contributed by atoms with van der Waals surface area (Å²) >= 11 is 1.48. The van der Waals surface area contributed by atoms with Gasteiger partial charge in [0.25, 0.3) is 5.91 Å². The van der Waals surface area contributed by atoms with Crippen LogP contribution in [0.1, 0.15) is 40.2 Å². The fraction of sp³-hybridized carbons (Fsp3) is 0.667. The first kappa shape index (κ1) is 21.0. The zero-order valence-electron chi connectivity index (χ0n) is 15.4. The van der Waals surface area contributed by atoms with Gasteiger partial charge in [0.1, 0.15) is 10.6 Å². The van der Waals surface area contributed by atoms with Crippen molar-refractivity contribution in [2.45, 2.75) is 38.6 Å². The van der Waals surface area contributed by atoms with Crippen LogP contribution in [0.5, 0.6) is 5.75 Å². The van der Waals surface area contributed by atoms with Gasteiger partial charge in [0.05, 0.1) is 13.2 Å². The van der Waals surface area contributed by atoms with Crippen LogP contribution >= 0.6 is 23.7 Å². The number of nitrogens with zero attached hydrogens (tertiary/aromatic N) is 1. The lowest BCUT2D eigenvalue weighted by Gasteiger charge is -2.33. The summed E-state index contributed by atoms with van der Waals surface area (Å²) in [5.41, 5.74) is 0. The summed E-state index contributed by atoms with van der Waals surface area (Å²) in [5.74, 6) is 1.12. The van der Waals surface area contributed by atoms with Gasteiger partial charge < -0.3 is 20.3 Å². The minimum Gasteiger partial charge on any atom is -0.495 e. The fourth-order valence-electron chi connectivity index (χ4n) is 3.63. The van der Waals surface area contributed by atoms with Crippen LogP contribution in [0.15, 0.2) is 6.07 Å². The van der Waals surface area contributed by atoms with Gasteiger partial charge in [0, 0.05) is 24.5 Å². The van der Waals surface area contributed by atoms with E-state index in [9.17, 15) is 9.59 Å². The first-order valence-corrected chi connectivity index (χ1v) is 9.85. The molecular weight excluding hydrogens is 374 g/mol. The van der Waals surface area contributed by atoms with E-state index in [0.29, 0.717) is 29.6 Å². The van der Waals surface area contributed by atoms with Crippen LogP contribution in [0.2, 0.25) is 0 Å². The molecule has 2 unspecified atom stereocenters. The van der Waals surface area contributed by atoms with Crippen LogP contribution in [0.3, 0.4) is 0 Å². The smallest absolute Gasteiger partial charge is 0.267 e. The molecule has 2 N–H and O–H groups in total. The number of carbonyl (C=O) groups is 2. The Morgan fingerprint density at radius 2 is 2.19 bits per heavy atom. The van der Waals surface area contributed by atoms with Crippen molar-refractivity contribution in [3.8, 4) is 5.75 Å². The molecule has 2 amide bonds. The average molecular weight is 402 g/mol. The molecule has 146 valence electrons. The van der Waals surface area contributed by atoms with E-state index in [2.05, 4.69) is 10.6 Å². The second kappa shape index (κ2) is 9.58. The van der Waals surface area contributed by atoms with Gasteiger partial charge in [-0.2, -0.15) is 0 Å². The third-order valence-corrected chi connectivity index (χ3v) is 6.00. The first-order valence-electron chi connectivity index (χ1n) is 9.03. The molecule has 6 nitrogen and oxygen atoms in total. The van der Waals surface area contributed by atoms with Crippen molar-refractivity contribution in [1.82, 2.24) is 15.5 Å². The summed E-state index contributed by atoms with van der Waals surface area (Å²) < 4.78 is 5.34. The SMILES string of the molecule is COc1cc(C)sc1C(=O)N1CCCC(CNC(=O)C2CCCN2)C1.Cl. The normalized spacial score (nSPS) is 22.6. The van der Waals surface area contributed by atoms with Gasteiger partial charge in [-0.05, 0) is 51.1 Å². The molecule has 3 heterocycles. The van der Waals surface area contributed by atoms with Gasteiger partial charge >= 0.3 is 0 Å². The molecule has 0 saturated carbocycles. The molecule has 2 fully saturated rings. The Labute approximate surface area is 165 Å². The van der Waals surface area contributed by atoms with Crippen LogP contribution in [0.25, 0.3) is 0 Å². The minimum atomic E-state index is -0.0420. The van der Waals surface area contributed by atoms with Crippen molar-refractivity contribution < 1.29 is 14.3 Å². The maximum atomic E-state index is 12.8. The maximum absolute atomic E-state index is 12.8. The lowest BCUT2D eigenvalue weighted by Crippen LogP contribution is -2.46. The van der Waals surface area contributed by atoms with E-state index in [-0.39, 0.29) is 30.3 Å². The summed E-state index contributed by atoms with van der Waals surface area (Å²) in [6.45, 7) is 5.01. The highest BCUT2D eigenvalue weighted by atomic mass is 35.5. The number of aryl methyl sites for hydroxylation is 1. The van der Waals surface area contributed by atoms with Gasteiger partial charge in [-0.1, -0.05) is 0 Å². The number of thiophene rings is 1. The van der Waals surface area contributed by atoms with E-state index in [0.717, 1.165) is 43.6 Å². The number of piperidine rings is 1. The topological polar surface area (TPSA) is 70.7 Å². The van der Waals surface area contributed by atoms with Crippen molar-refractivity contribution in [2.24, 2.45) is 5.92 Å². The Kier molecular flexibility index (Phi) is 7.73. The van der Waals surface area contributed by atoms with Crippen molar-refractivity contribution in [3.63, 3.8) is 0 Å². The summed E-state index contributed by atoms with van der Waals surface area (Å²) in [6.07, 6.45) is 3.99. The fourth-order valence-corrected chi connectivity index (χ4v) is 4.57. The Morgan fingerprint density at radius 3 is 2.88 bits per heavy atom. The largest absolute Gasteiger partial charge is 0.495 e. The molecule has 26 heavy (non-hydrogen) atoms. The third-order valence-electron chi connectivity index (χ3n) is 4.98. The lowest BCUT2D eigenvalue weighted by molar-refractivity contribution is -0.123. The molecule has 3 rings (SSSR count). The molecule has 2 saturated heterocycles.